The number of amides is 2. The molecule has 1 fully saturated rings. The monoisotopic (exact) mass is 548 g/mol. The molecule has 1 heterocycles. The molecule has 6 heteroatoms. The molecule has 0 aromatic heterocycles. The van der Waals surface area contributed by atoms with Gasteiger partial charge in [0.15, 0.2) is 0 Å². The lowest BCUT2D eigenvalue weighted by Crippen LogP contribution is -2.41. The van der Waals surface area contributed by atoms with Crippen molar-refractivity contribution in [2.45, 2.75) is 18.8 Å². The molecular formula is C26H18Br2N2O2. The van der Waals surface area contributed by atoms with Crippen LogP contribution in [0.25, 0.3) is 0 Å². The van der Waals surface area contributed by atoms with Gasteiger partial charge in [0.05, 0.1) is 18.1 Å². The lowest BCUT2D eigenvalue weighted by atomic mass is 9.55. The Morgan fingerprint density at radius 2 is 1.19 bits per heavy atom. The molecule has 3 aromatic carbocycles. The Hall–Kier alpha value is -2.57. The molecular weight excluding hydrogens is 532 g/mol. The van der Waals surface area contributed by atoms with Gasteiger partial charge in [-0.3, -0.25) is 9.59 Å². The number of hydrazone groups is 1. The van der Waals surface area contributed by atoms with Gasteiger partial charge in [-0.25, -0.2) is 0 Å². The van der Waals surface area contributed by atoms with Crippen molar-refractivity contribution in [3.05, 3.63) is 103 Å². The fraction of sp³-hybridized carbons (Fsp3) is 0.192. The largest absolute Gasteiger partial charge is 0.272 e. The number of benzene rings is 3. The SMILES string of the molecule is Cc1c(Br)cc(/C=N\N2C(=O)[C@H]3C4c5ccccc5C(c5ccccc54)[C@@H]3C2=O)cc1Br. The van der Waals surface area contributed by atoms with Gasteiger partial charge in [0.2, 0.25) is 0 Å². The van der Waals surface area contributed by atoms with Gasteiger partial charge in [-0.2, -0.15) is 10.1 Å². The Morgan fingerprint density at radius 3 is 1.59 bits per heavy atom. The molecule has 0 unspecified atom stereocenters. The smallest absolute Gasteiger partial charge is 0.254 e. The lowest BCUT2D eigenvalue weighted by Gasteiger charge is -2.45. The average Bonchev–Trinajstić information content (AvgIpc) is 3.06. The number of hydrogen-bond acceptors (Lipinski definition) is 3. The molecule has 1 saturated heterocycles. The zero-order valence-corrected chi connectivity index (χ0v) is 20.3. The van der Waals surface area contributed by atoms with E-state index in [-0.39, 0.29) is 23.7 Å². The van der Waals surface area contributed by atoms with E-state index in [2.05, 4.69) is 61.2 Å². The number of carbonyl (C=O) groups excluding carboxylic acids is 2. The van der Waals surface area contributed by atoms with E-state index in [9.17, 15) is 9.59 Å². The Labute approximate surface area is 202 Å². The molecule has 0 radical (unpaired) electrons. The summed E-state index contributed by atoms with van der Waals surface area (Å²) in [5.41, 5.74) is 6.53. The number of nitrogens with zero attached hydrogens (tertiary/aromatic N) is 2. The third-order valence-electron chi connectivity index (χ3n) is 7.05. The van der Waals surface area contributed by atoms with Crippen LogP contribution < -0.4 is 0 Å². The van der Waals surface area contributed by atoms with Crippen LogP contribution in [-0.2, 0) is 9.59 Å². The first-order chi connectivity index (χ1) is 15.5. The third kappa shape index (κ3) is 2.69. The van der Waals surface area contributed by atoms with E-state index in [0.29, 0.717) is 0 Å². The second kappa shape index (κ2) is 7.22. The fourth-order valence-corrected chi connectivity index (χ4v) is 6.86. The van der Waals surface area contributed by atoms with Crippen LogP contribution in [0.4, 0.5) is 0 Å². The second-order valence-corrected chi connectivity index (χ2v) is 10.3. The number of hydrogen-bond donors (Lipinski definition) is 0. The first kappa shape index (κ1) is 20.1. The standard InChI is InChI=1S/C26H18Br2N2O2/c1-13-19(27)10-14(11-20(13)28)12-29-30-25(31)23-21-15-6-2-3-7-16(15)22(24(23)26(30)32)18-9-5-4-8-17(18)21/h2-12,21-24H,1H3/b29-12-/t21?,22?,23-,24-/m0/s1. The predicted octanol–water partition coefficient (Wildman–Crippen LogP) is 5.75. The molecule has 32 heavy (non-hydrogen) atoms. The van der Waals surface area contributed by atoms with Gasteiger partial charge < -0.3 is 0 Å². The van der Waals surface area contributed by atoms with Gasteiger partial charge in [0, 0.05) is 20.8 Å². The summed E-state index contributed by atoms with van der Waals surface area (Å²) in [6.07, 6.45) is 1.59. The van der Waals surface area contributed by atoms with Crippen molar-refractivity contribution in [2.24, 2.45) is 16.9 Å². The Kier molecular flexibility index (Phi) is 4.53. The van der Waals surface area contributed by atoms with E-state index in [0.717, 1.165) is 47.3 Å². The van der Waals surface area contributed by atoms with Crippen LogP contribution in [0.15, 0.2) is 74.7 Å². The lowest BCUT2D eigenvalue weighted by molar-refractivity contribution is -0.139. The van der Waals surface area contributed by atoms with Gasteiger partial charge in [0.25, 0.3) is 11.8 Å². The third-order valence-corrected chi connectivity index (χ3v) is 8.70. The van der Waals surface area contributed by atoms with Crippen molar-refractivity contribution < 1.29 is 9.59 Å². The summed E-state index contributed by atoms with van der Waals surface area (Å²) >= 11 is 7.08. The van der Waals surface area contributed by atoms with E-state index < -0.39 is 11.8 Å². The summed E-state index contributed by atoms with van der Waals surface area (Å²) < 4.78 is 1.87. The maximum atomic E-state index is 13.5. The first-order valence-electron chi connectivity index (χ1n) is 10.5. The summed E-state index contributed by atoms with van der Waals surface area (Å²) in [6, 6.07) is 20.3. The van der Waals surface area contributed by atoms with Crippen LogP contribution in [-0.4, -0.2) is 23.0 Å². The Balaban J connectivity index is 1.43. The highest BCUT2D eigenvalue weighted by molar-refractivity contribution is 9.11. The van der Waals surface area contributed by atoms with Crippen LogP contribution in [0.2, 0.25) is 0 Å². The van der Waals surface area contributed by atoms with Crippen molar-refractivity contribution in [2.75, 3.05) is 0 Å². The molecule has 158 valence electrons. The van der Waals surface area contributed by atoms with Crippen molar-refractivity contribution in [3.63, 3.8) is 0 Å². The Morgan fingerprint density at radius 1 is 0.781 bits per heavy atom. The highest BCUT2D eigenvalue weighted by Crippen LogP contribution is 2.60. The quantitative estimate of drug-likeness (QED) is 0.302. The van der Waals surface area contributed by atoms with Crippen LogP contribution in [0.3, 0.4) is 0 Å². The number of carbonyl (C=O) groups is 2. The van der Waals surface area contributed by atoms with Gasteiger partial charge in [0.1, 0.15) is 0 Å². The summed E-state index contributed by atoms with van der Waals surface area (Å²) in [5, 5.41) is 5.49. The minimum atomic E-state index is -0.411. The van der Waals surface area contributed by atoms with Crippen LogP contribution in [0.1, 0.15) is 45.2 Å². The second-order valence-electron chi connectivity index (χ2n) is 8.61. The zero-order chi connectivity index (χ0) is 22.1. The summed E-state index contributed by atoms with van der Waals surface area (Å²) in [5.74, 6) is -1.47. The molecule has 0 N–H and O–H groups in total. The van der Waals surface area contributed by atoms with E-state index in [1.165, 1.54) is 0 Å². The van der Waals surface area contributed by atoms with E-state index in [1.807, 2.05) is 43.3 Å². The van der Waals surface area contributed by atoms with Crippen molar-refractivity contribution in [1.29, 1.82) is 0 Å². The molecule has 2 bridgehead atoms. The normalized spacial score (nSPS) is 25.3. The van der Waals surface area contributed by atoms with Crippen molar-refractivity contribution in [3.8, 4) is 0 Å². The first-order valence-corrected chi connectivity index (χ1v) is 12.1. The van der Waals surface area contributed by atoms with Crippen LogP contribution in [0.5, 0.6) is 0 Å². The summed E-state index contributed by atoms with van der Waals surface area (Å²) in [6.45, 7) is 2.00. The molecule has 4 nitrogen and oxygen atoms in total. The van der Waals surface area contributed by atoms with Gasteiger partial charge in [-0.05, 0) is 52.4 Å². The Bertz CT molecular complexity index is 1210. The van der Waals surface area contributed by atoms with Crippen molar-refractivity contribution >= 4 is 49.9 Å². The predicted molar refractivity (Wildman–Crippen MR) is 130 cm³/mol. The number of rotatable bonds is 2. The minimum absolute atomic E-state index is 0.114. The number of halogens is 2. The maximum Gasteiger partial charge on any atom is 0.254 e. The van der Waals surface area contributed by atoms with Crippen LogP contribution >= 0.6 is 31.9 Å². The molecule has 1 aliphatic heterocycles. The average molecular weight is 550 g/mol. The van der Waals surface area contributed by atoms with Gasteiger partial charge in [-0.15, -0.1) is 0 Å². The highest BCUT2D eigenvalue weighted by atomic mass is 79.9. The molecule has 2 amide bonds. The molecule has 2 atom stereocenters. The molecule has 3 aliphatic carbocycles. The number of imide groups is 1. The highest BCUT2D eigenvalue weighted by Gasteiger charge is 2.61. The van der Waals surface area contributed by atoms with E-state index in [4.69, 9.17) is 0 Å². The fourth-order valence-electron chi connectivity index (χ4n) is 5.64. The summed E-state index contributed by atoms with van der Waals surface area (Å²) in [7, 11) is 0. The summed E-state index contributed by atoms with van der Waals surface area (Å²) in [4.78, 5) is 27.1. The molecule has 4 aliphatic rings. The molecule has 0 saturated carbocycles. The topological polar surface area (TPSA) is 49.7 Å². The van der Waals surface area contributed by atoms with Gasteiger partial charge in [-0.1, -0.05) is 80.4 Å². The molecule has 3 aromatic rings. The van der Waals surface area contributed by atoms with Gasteiger partial charge >= 0.3 is 0 Å². The minimum Gasteiger partial charge on any atom is -0.272 e. The zero-order valence-electron chi connectivity index (χ0n) is 17.1. The van der Waals surface area contributed by atoms with Crippen LogP contribution in [0, 0.1) is 18.8 Å². The molecule has 0 spiro atoms. The molecule has 7 rings (SSSR count). The van der Waals surface area contributed by atoms with E-state index >= 15 is 0 Å². The maximum absolute atomic E-state index is 13.5. The van der Waals surface area contributed by atoms with E-state index in [1.54, 1.807) is 6.21 Å². The van der Waals surface area contributed by atoms with Crippen molar-refractivity contribution in [1.82, 2.24) is 5.01 Å².